The van der Waals surface area contributed by atoms with Gasteiger partial charge in [0, 0.05) is 12.7 Å². The average molecular weight is 275 g/mol. The summed E-state index contributed by atoms with van der Waals surface area (Å²) in [5.74, 6) is -0.203. The van der Waals surface area contributed by atoms with Crippen molar-refractivity contribution in [2.45, 2.75) is 18.4 Å². The summed E-state index contributed by atoms with van der Waals surface area (Å²) in [6.07, 6.45) is 1.86. The van der Waals surface area contributed by atoms with Gasteiger partial charge in [-0.2, -0.15) is 0 Å². The molecule has 6 heteroatoms. The van der Waals surface area contributed by atoms with E-state index in [9.17, 15) is 4.79 Å². The molecule has 1 fully saturated rings. The number of amides is 1. The number of hydrogen-bond donors (Lipinski definition) is 1. The molecule has 0 unspecified atom stereocenters. The molecule has 1 aliphatic carbocycles. The smallest absolute Gasteiger partial charge is 0.252 e. The molecule has 92 valence electrons. The third-order valence-corrected chi connectivity index (χ3v) is 3.07. The summed E-state index contributed by atoms with van der Waals surface area (Å²) in [4.78, 5) is 15.8. The largest absolute Gasteiger partial charge is 0.382 e. The lowest BCUT2D eigenvalue weighted by Crippen LogP contribution is -2.40. The fourth-order valence-electron chi connectivity index (χ4n) is 1.64. The molecule has 1 aromatic heterocycles. The molecule has 17 heavy (non-hydrogen) atoms. The maximum absolute atomic E-state index is 12.0. The molecule has 2 rings (SSSR count). The predicted molar refractivity (Wildman–Crippen MR) is 65.6 cm³/mol. The van der Waals surface area contributed by atoms with Crippen LogP contribution in [0.1, 0.15) is 23.2 Å². The van der Waals surface area contributed by atoms with Crippen molar-refractivity contribution in [2.24, 2.45) is 0 Å². The van der Waals surface area contributed by atoms with Gasteiger partial charge in [0.05, 0.1) is 12.1 Å². The highest BCUT2D eigenvalue weighted by atomic mass is 35.5. The van der Waals surface area contributed by atoms with Gasteiger partial charge in [-0.25, -0.2) is 4.98 Å². The number of ether oxygens (including phenoxy) is 1. The summed E-state index contributed by atoms with van der Waals surface area (Å²) in [7, 11) is 1.62. The molecule has 4 nitrogen and oxygen atoms in total. The van der Waals surface area contributed by atoms with Crippen LogP contribution in [0, 0.1) is 0 Å². The molecule has 0 radical (unpaired) electrons. The Balaban J connectivity index is 2.09. The van der Waals surface area contributed by atoms with Crippen molar-refractivity contribution < 1.29 is 9.53 Å². The third kappa shape index (κ3) is 3.09. The Morgan fingerprint density at radius 3 is 2.53 bits per heavy atom. The average Bonchev–Trinajstić information content (AvgIpc) is 2.97. The number of hydrogen-bond acceptors (Lipinski definition) is 3. The fraction of sp³-hybridized carbons (Fsp3) is 0.455. The number of methoxy groups -OCH3 is 1. The van der Waals surface area contributed by atoms with Gasteiger partial charge < -0.3 is 10.1 Å². The maximum Gasteiger partial charge on any atom is 0.252 e. The van der Waals surface area contributed by atoms with Crippen LogP contribution in [0.5, 0.6) is 0 Å². The molecule has 0 bridgehead atoms. The Hall–Kier alpha value is -0.840. The number of nitrogens with zero attached hydrogens (tertiary/aromatic N) is 1. The second-order valence-corrected chi connectivity index (χ2v) is 4.94. The Labute approximate surface area is 109 Å². The van der Waals surface area contributed by atoms with Gasteiger partial charge >= 0.3 is 0 Å². The molecular formula is C11H12Cl2N2O2. The molecule has 0 spiro atoms. The van der Waals surface area contributed by atoms with E-state index in [1.54, 1.807) is 7.11 Å². The van der Waals surface area contributed by atoms with Crippen LogP contribution in [0.3, 0.4) is 0 Å². The lowest BCUT2D eigenvalue weighted by atomic mass is 10.2. The summed E-state index contributed by atoms with van der Waals surface area (Å²) in [5.41, 5.74) is 0.200. The molecule has 0 atom stereocenters. The third-order valence-electron chi connectivity index (χ3n) is 2.68. The summed E-state index contributed by atoms with van der Waals surface area (Å²) in [5, 5.41) is 3.35. The van der Waals surface area contributed by atoms with Gasteiger partial charge in [0.1, 0.15) is 10.3 Å². The lowest BCUT2D eigenvalue weighted by Gasteiger charge is -2.16. The quantitative estimate of drug-likeness (QED) is 0.858. The van der Waals surface area contributed by atoms with Gasteiger partial charge in [-0.15, -0.1) is 0 Å². The fourth-order valence-corrected chi connectivity index (χ4v) is 2.10. The topological polar surface area (TPSA) is 51.2 Å². The molecule has 1 aliphatic rings. The Morgan fingerprint density at radius 1 is 1.47 bits per heavy atom. The van der Waals surface area contributed by atoms with Crippen molar-refractivity contribution in [2.75, 3.05) is 13.7 Å². The van der Waals surface area contributed by atoms with E-state index in [1.807, 2.05) is 0 Å². The van der Waals surface area contributed by atoms with Crippen LogP contribution in [-0.2, 0) is 4.74 Å². The minimum Gasteiger partial charge on any atom is -0.382 e. The highest BCUT2D eigenvalue weighted by Gasteiger charge is 2.44. The second-order valence-electron chi connectivity index (χ2n) is 4.17. The second kappa shape index (κ2) is 4.80. The van der Waals surface area contributed by atoms with E-state index < -0.39 is 0 Å². The summed E-state index contributed by atoms with van der Waals surface area (Å²) >= 11 is 11.5. The highest BCUT2D eigenvalue weighted by Crippen LogP contribution is 2.35. The summed E-state index contributed by atoms with van der Waals surface area (Å²) < 4.78 is 5.07. The zero-order valence-corrected chi connectivity index (χ0v) is 10.8. The maximum atomic E-state index is 12.0. The van der Waals surface area contributed by atoms with Gasteiger partial charge in [0.25, 0.3) is 5.91 Å². The van der Waals surface area contributed by atoms with Gasteiger partial charge in [-0.3, -0.25) is 4.79 Å². The number of nitrogens with one attached hydrogen (secondary N) is 1. The Bertz CT molecular complexity index is 427. The normalized spacial score (nSPS) is 16.6. The molecule has 1 saturated carbocycles. The number of pyridine rings is 1. The van der Waals surface area contributed by atoms with Gasteiger partial charge in [0.15, 0.2) is 0 Å². The molecule has 1 N–H and O–H groups in total. The van der Waals surface area contributed by atoms with Crippen LogP contribution in [-0.4, -0.2) is 30.1 Å². The van der Waals surface area contributed by atoms with E-state index in [1.165, 1.54) is 12.1 Å². The number of carbonyl (C=O) groups is 1. The number of rotatable bonds is 4. The van der Waals surface area contributed by atoms with Gasteiger partial charge in [0.2, 0.25) is 0 Å². The van der Waals surface area contributed by atoms with Crippen molar-refractivity contribution in [3.63, 3.8) is 0 Å². The molecule has 0 aromatic carbocycles. The van der Waals surface area contributed by atoms with Crippen LogP contribution in [0.15, 0.2) is 12.1 Å². The summed E-state index contributed by atoms with van der Waals surface area (Å²) in [6, 6.07) is 2.98. The first kappa shape index (κ1) is 12.6. The van der Waals surface area contributed by atoms with E-state index in [2.05, 4.69) is 10.3 Å². The lowest BCUT2D eigenvalue weighted by molar-refractivity contribution is 0.0882. The van der Waals surface area contributed by atoms with Crippen molar-refractivity contribution >= 4 is 29.1 Å². The Kier molecular flexibility index (Phi) is 3.56. The molecule has 1 amide bonds. The highest BCUT2D eigenvalue weighted by molar-refractivity contribution is 6.33. The molecule has 0 aliphatic heterocycles. The number of carbonyl (C=O) groups excluding carboxylic acids is 1. The SMILES string of the molecule is COCC1(NC(=O)c2cc(Cl)nc(Cl)c2)CC1. The zero-order chi connectivity index (χ0) is 12.5. The van der Waals surface area contributed by atoms with E-state index in [0.717, 1.165) is 12.8 Å². The molecule has 1 aromatic rings. The Morgan fingerprint density at radius 2 is 2.06 bits per heavy atom. The van der Waals surface area contributed by atoms with E-state index in [0.29, 0.717) is 12.2 Å². The number of aromatic nitrogens is 1. The predicted octanol–water partition coefficient (Wildman–Crippen LogP) is 2.30. The first-order valence-electron chi connectivity index (χ1n) is 5.19. The van der Waals surface area contributed by atoms with Crippen LogP contribution < -0.4 is 5.32 Å². The van der Waals surface area contributed by atoms with Crippen LogP contribution in [0.2, 0.25) is 10.3 Å². The molecule has 0 saturated heterocycles. The van der Waals surface area contributed by atoms with Gasteiger partial charge in [-0.05, 0) is 25.0 Å². The van der Waals surface area contributed by atoms with Crippen molar-refractivity contribution in [3.8, 4) is 0 Å². The minimum atomic E-state index is -0.214. The van der Waals surface area contributed by atoms with Crippen molar-refractivity contribution in [1.82, 2.24) is 10.3 Å². The zero-order valence-electron chi connectivity index (χ0n) is 9.30. The van der Waals surface area contributed by atoms with E-state index >= 15 is 0 Å². The van der Waals surface area contributed by atoms with Gasteiger partial charge in [-0.1, -0.05) is 23.2 Å². The van der Waals surface area contributed by atoms with Crippen molar-refractivity contribution in [1.29, 1.82) is 0 Å². The standard InChI is InChI=1S/C11H12Cl2N2O2/c1-17-6-11(2-3-11)15-10(16)7-4-8(12)14-9(13)5-7/h4-5H,2-3,6H2,1H3,(H,15,16). The van der Waals surface area contributed by atoms with Crippen LogP contribution in [0.25, 0.3) is 0 Å². The minimum absolute atomic E-state index is 0.203. The van der Waals surface area contributed by atoms with E-state index in [4.69, 9.17) is 27.9 Å². The van der Waals surface area contributed by atoms with Crippen molar-refractivity contribution in [3.05, 3.63) is 28.0 Å². The van der Waals surface area contributed by atoms with E-state index in [-0.39, 0.29) is 21.8 Å². The molecular weight excluding hydrogens is 263 g/mol. The monoisotopic (exact) mass is 274 g/mol. The first-order chi connectivity index (χ1) is 8.04. The molecule has 1 heterocycles. The van der Waals surface area contributed by atoms with Crippen LogP contribution in [0.4, 0.5) is 0 Å². The first-order valence-corrected chi connectivity index (χ1v) is 5.95. The van der Waals surface area contributed by atoms with Crippen LogP contribution >= 0.6 is 23.2 Å². The number of halogens is 2. The summed E-state index contributed by atoms with van der Waals surface area (Å²) in [6.45, 7) is 0.519.